The fraction of sp³-hybridized carbons (Fsp3) is 0.176. The van der Waals surface area contributed by atoms with Crippen molar-refractivity contribution in [2.75, 3.05) is 13.1 Å². The minimum atomic E-state index is 0.934. The first kappa shape index (κ1) is 10.7. The van der Waals surface area contributed by atoms with E-state index in [1.165, 1.54) is 22.2 Å². The van der Waals surface area contributed by atoms with Crippen molar-refractivity contribution < 1.29 is 0 Å². The van der Waals surface area contributed by atoms with Crippen molar-refractivity contribution in [2.24, 2.45) is 0 Å². The quantitative estimate of drug-likeness (QED) is 0.693. The van der Waals surface area contributed by atoms with Gasteiger partial charge in [0, 0.05) is 36.2 Å². The topological polar surface area (TPSA) is 8.17 Å². The van der Waals surface area contributed by atoms with Gasteiger partial charge in [-0.3, -0.25) is 0 Å². The molecule has 2 heteroatoms. The molecule has 2 bridgehead atoms. The molecule has 4 rings (SSSR count). The molecule has 2 nitrogen and oxygen atoms in total. The van der Waals surface area contributed by atoms with E-state index in [1.54, 1.807) is 0 Å². The Kier molecular flexibility index (Phi) is 2.34. The van der Waals surface area contributed by atoms with E-state index in [0.717, 1.165) is 19.6 Å². The maximum atomic E-state index is 2.38. The lowest BCUT2D eigenvalue weighted by molar-refractivity contribution is 0.444. The number of rotatable bonds is 0. The van der Waals surface area contributed by atoms with Crippen molar-refractivity contribution in [2.45, 2.75) is 6.54 Å². The summed E-state index contributed by atoms with van der Waals surface area (Å²) in [4.78, 5) is 2.35. The lowest BCUT2D eigenvalue weighted by Crippen LogP contribution is -2.22. The van der Waals surface area contributed by atoms with E-state index in [1.807, 2.05) is 0 Å². The first-order valence-electron chi connectivity index (χ1n) is 6.76. The van der Waals surface area contributed by atoms with Gasteiger partial charge in [-0.1, -0.05) is 30.4 Å². The van der Waals surface area contributed by atoms with Crippen LogP contribution in [-0.2, 0) is 6.54 Å². The number of aromatic nitrogens is 1. The van der Waals surface area contributed by atoms with Gasteiger partial charge in [0.05, 0.1) is 0 Å². The Hall–Kier alpha value is -2.22. The standard InChI is InChI=1S/C17H16N2/c1-2-7-17-15(6-1)12-16-11-14-5-3-8-18(13-14)9-4-10-19(16)17/h1-7,9,11-12H,8,10,13H2/b9-4-,14-11+. The summed E-state index contributed by atoms with van der Waals surface area (Å²) < 4.78 is 2.38. The molecular weight excluding hydrogens is 232 g/mol. The van der Waals surface area contributed by atoms with Crippen LogP contribution in [0, 0.1) is 0 Å². The van der Waals surface area contributed by atoms with Gasteiger partial charge in [-0.05, 0) is 36.1 Å². The van der Waals surface area contributed by atoms with Gasteiger partial charge in [-0.15, -0.1) is 0 Å². The van der Waals surface area contributed by atoms with Crippen LogP contribution in [0.15, 0.2) is 60.3 Å². The molecule has 1 aromatic carbocycles. The maximum absolute atomic E-state index is 2.38. The van der Waals surface area contributed by atoms with Crippen molar-refractivity contribution in [3.05, 3.63) is 66.0 Å². The molecule has 0 unspecified atom stereocenters. The van der Waals surface area contributed by atoms with E-state index in [9.17, 15) is 0 Å². The predicted octanol–water partition coefficient (Wildman–Crippen LogP) is 3.42. The minimum absolute atomic E-state index is 0.934. The van der Waals surface area contributed by atoms with Crippen LogP contribution in [0.25, 0.3) is 17.0 Å². The lowest BCUT2D eigenvalue weighted by atomic mass is 10.1. The molecular formula is C17H16N2. The Morgan fingerprint density at radius 2 is 1.95 bits per heavy atom. The zero-order valence-corrected chi connectivity index (χ0v) is 10.8. The van der Waals surface area contributed by atoms with E-state index in [-0.39, 0.29) is 0 Å². The molecule has 0 atom stereocenters. The van der Waals surface area contributed by atoms with E-state index in [4.69, 9.17) is 0 Å². The molecule has 0 radical (unpaired) electrons. The normalized spacial score (nSPS) is 22.1. The zero-order chi connectivity index (χ0) is 12.7. The summed E-state index contributed by atoms with van der Waals surface area (Å²) >= 11 is 0. The second-order valence-corrected chi connectivity index (χ2v) is 5.17. The number of fused-ring (bicyclic) bond motifs is 5. The molecule has 0 fully saturated rings. The largest absolute Gasteiger partial charge is 0.370 e. The van der Waals surface area contributed by atoms with E-state index >= 15 is 0 Å². The number of hydrogen-bond donors (Lipinski definition) is 0. The highest BCUT2D eigenvalue weighted by Gasteiger charge is 2.11. The molecule has 2 aliphatic rings. The van der Waals surface area contributed by atoms with Crippen molar-refractivity contribution in [1.29, 1.82) is 0 Å². The van der Waals surface area contributed by atoms with Crippen LogP contribution >= 0.6 is 0 Å². The molecule has 2 aliphatic heterocycles. The molecule has 3 heterocycles. The van der Waals surface area contributed by atoms with Crippen LogP contribution in [0.4, 0.5) is 0 Å². The van der Waals surface area contributed by atoms with Crippen molar-refractivity contribution in [3.63, 3.8) is 0 Å². The Balaban J connectivity index is 1.95. The number of hydrogen-bond acceptors (Lipinski definition) is 1. The van der Waals surface area contributed by atoms with E-state index in [0.29, 0.717) is 0 Å². The summed E-state index contributed by atoms with van der Waals surface area (Å²) in [5.74, 6) is 0. The summed E-state index contributed by atoms with van der Waals surface area (Å²) in [7, 11) is 0. The van der Waals surface area contributed by atoms with Gasteiger partial charge >= 0.3 is 0 Å². The van der Waals surface area contributed by atoms with Gasteiger partial charge < -0.3 is 9.47 Å². The molecule has 94 valence electrons. The van der Waals surface area contributed by atoms with Gasteiger partial charge in [0.25, 0.3) is 0 Å². The predicted molar refractivity (Wildman–Crippen MR) is 79.8 cm³/mol. The SMILES string of the molecule is C1=C/C2=C\c3cc4ccccc4n3C/C=C\N(C1)C2. The lowest BCUT2D eigenvalue weighted by Gasteiger charge is -2.22. The zero-order valence-electron chi connectivity index (χ0n) is 10.8. The number of allylic oxidation sites excluding steroid dienone is 1. The molecule has 0 amide bonds. The van der Waals surface area contributed by atoms with Gasteiger partial charge in [-0.25, -0.2) is 0 Å². The van der Waals surface area contributed by atoms with Gasteiger partial charge in [-0.2, -0.15) is 0 Å². The first-order valence-corrected chi connectivity index (χ1v) is 6.76. The Bertz CT molecular complexity index is 716. The summed E-state index contributed by atoms with van der Waals surface area (Å²) in [5.41, 5.74) is 3.99. The monoisotopic (exact) mass is 248 g/mol. The van der Waals surface area contributed by atoms with Crippen molar-refractivity contribution in [1.82, 2.24) is 9.47 Å². The van der Waals surface area contributed by atoms with Gasteiger partial charge in [0.2, 0.25) is 0 Å². The number of benzene rings is 1. The van der Waals surface area contributed by atoms with Crippen LogP contribution in [0.1, 0.15) is 5.69 Å². The molecule has 0 saturated carbocycles. The molecule has 1 aromatic heterocycles. The Morgan fingerprint density at radius 1 is 1.00 bits per heavy atom. The third kappa shape index (κ3) is 1.80. The number of para-hydroxylation sites is 1. The second-order valence-electron chi connectivity index (χ2n) is 5.17. The third-order valence-electron chi connectivity index (χ3n) is 3.84. The summed E-state index contributed by atoms with van der Waals surface area (Å²) in [6.07, 6.45) is 11.3. The summed E-state index contributed by atoms with van der Waals surface area (Å²) in [6.45, 7) is 2.96. The second kappa shape index (κ2) is 4.16. The van der Waals surface area contributed by atoms with Crippen molar-refractivity contribution >= 4 is 17.0 Å². The average molecular weight is 248 g/mol. The molecule has 0 spiro atoms. The highest BCUT2D eigenvalue weighted by molar-refractivity contribution is 5.84. The minimum Gasteiger partial charge on any atom is -0.370 e. The molecule has 0 saturated heterocycles. The van der Waals surface area contributed by atoms with Gasteiger partial charge in [0.15, 0.2) is 0 Å². The van der Waals surface area contributed by atoms with E-state index < -0.39 is 0 Å². The molecule has 2 aromatic rings. The van der Waals surface area contributed by atoms with Gasteiger partial charge in [0.1, 0.15) is 0 Å². The first-order chi connectivity index (χ1) is 9.40. The average Bonchev–Trinajstić information content (AvgIpc) is 2.78. The third-order valence-corrected chi connectivity index (χ3v) is 3.84. The Labute approximate surface area is 112 Å². The highest BCUT2D eigenvalue weighted by atomic mass is 15.1. The molecule has 0 aliphatic carbocycles. The fourth-order valence-electron chi connectivity index (χ4n) is 2.95. The number of nitrogens with zero attached hydrogens (tertiary/aromatic N) is 2. The van der Waals surface area contributed by atoms with E-state index in [2.05, 4.69) is 70.3 Å². The summed E-state index contributed by atoms with van der Waals surface area (Å²) in [5, 5.41) is 1.32. The van der Waals surface area contributed by atoms with Crippen LogP contribution in [0.2, 0.25) is 0 Å². The van der Waals surface area contributed by atoms with Crippen LogP contribution in [0.5, 0.6) is 0 Å². The van der Waals surface area contributed by atoms with Crippen LogP contribution < -0.4 is 0 Å². The van der Waals surface area contributed by atoms with Crippen LogP contribution in [-0.4, -0.2) is 22.6 Å². The smallest absolute Gasteiger partial charge is 0.0488 e. The Morgan fingerprint density at radius 3 is 2.95 bits per heavy atom. The van der Waals surface area contributed by atoms with Crippen LogP contribution in [0.3, 0.4) is 0 Å². The van der Waals surface area contributed by atoms with Crippen molar-refractivity contribution in [3.8, 4) is 0 Å². The summed E-state index contributed by atoms with van der Waals surface area (Å²) in [6, 6.07) is 10.9. The maximum Gasteiger partial charge on any atom is 0.0488 e. The highest BCUT2D eigenvalue weighted by Crippen LogP contribution is 2.24. The molecule has 19 heavy (non-hydrogen) atoms. The molecule has 0 N–H and O–H groups in total. The fourth-order valence-corrected chi connectivity index (χ4v) is 2.95.